The van der Waals surface area contributed by atoms with E-state index >= 15 is 0 Å². The first kappa shape index (κ1) is 22.1. The van der Waals surface area contributed by atoms with E-state index in [1.54, 1.807) is 0 Å². The summed E-state index contributed by atoms with van der Waals surface area (Å²) in [6, 6.07) is 18.3. The molecule has 0 aromatic heterocycles. The maximum absolute atomic E-state index is 12.0. The van der Waals surface area contributed by atoms with E-state index in [9.17, 15) is 14.4 Å². The van der Waals surface area contributed by atoms with E-state index in [1.807, 2.05) is 60.7 Å². The third-order valence-corrected chi connectivity index (χ3v) is 3.81. The van der Waals surface area contributed by atoms with Crippen LogP contribution in [-0.4, -0.2) is 44.0 Å². The summed E-state index contributed by atoms with van der Waals surface area (Å²) in [6.45, 7) is 0.654. The zero-order valence-electron chi connectivity index (χ0n) is 16.2. The Hall–Kier alpha value is -3.19. The molecule has 0 spiro atoms. The summed E-state index contributed by atoms with van der Waals surface area (Å²) in [5, 5.41) is 0. The molecule has 7 heteroatoms. The van der Waals surface area contributed by atoms with Crippen LogP contribution < -0.4 is 0 Å². The Morgan fingerprint density at radius 2 is 1.17 bits per heavy atom. The number of carbonyl (C=O) groups is 3. The Bertz CT molecular complexity index is 717. The van der Waals surface area contributed by atoms with Gasteiger partial charge in [0.05, 0.1) is 12.8 Å². The van der Waals surface area contributed by atoms with Crippen LogP contribution in [0.2, 0.25) is 0 Å². The first-order valence-electron chi connectivity index (χ1n) is 9.17. The molecule has 0 radical (unpaired) electrons. The van der Waals surface area contributed by atoms with Gasteiger partial charge in [-0.05, 0) is 11.1 Å². The van der Waals surface area contributed by atoms with Crippen LogP contribution in [0.1, 0.15) is 18.1 Å². The molecule has 0 aliphatic carbocycles. The van der Waals surface area contributed by atoms with Gasteiger partial charge in [-0.3, -0.25) is 14.4 Å². The molecule has 0 N–H and O–H groups in total. The van der Waals surface area contributed by atoms with Crippen molar-refractivity contribution in [2.75, 3.05) is 20.0 Å². The highest BCUT2D eigenvalue weighted by atomic mass is 16.7. The van der Waals surface area contributed by atoms with E-state index in [2.05, 4.69) is 0 Å². The quantitative estimate of drug-likeness (QED) is 0.325. The molecule has 0 heterocycles. The third-order valence-electron chi connectivity index (χ3n) is 3.81. The summed E-state index contributed by atoms with van der Waals surface area (Å²) < 4.78 is 20.5. The predicted molar refractivity (Wildman–Crippen MR) is 104 cm³/mol. The highest BCUT2D eigenvalue weighted by molar-refractivity contribution is 5.73. The largest absolute Gasteiger partial charge is 0.463 e. The zero-order chi connectivity index (χ0) is 20.9. The minimum absolute atomic E-state index is 0.116. The van der Waals surface area contributed by atoms with Crippen LogP contribution in [0.15, 0.2) is 60.7 Å². The van der Waals surface area contributed by atoms with E-state index in [-0.39, 0.29) is 32.8 Å². The number of hydrogen-bond acceptors (Lipinski definition) is 7. The van der Waals surface area contributed by atoms with E-state index < -0.39 is 24.0 Å². The summed E-state index contributed by atoms with van der Waals surface area (Å²) in [6.07, 6.45) is -0.523. The van der Waals surface area contributed by atoms with Crippen LogP contribution in [-0.2, 0) is 46.2 Å². The van der Waals surface area contributed by atoms with Crippen LogP contribution in [0.5, 0.6) is 0 Å². The SMILES string of the molecule is CC(=O)OCOC(COC(=O)Cc1ccccc1)COC(=O)Cc1ccccc1. The molecule has 0 bridgehead atoms. The Kier molecular flexibility index (Phi) is 9.38. The molecule has 154 valence electrons. The highest BCUT2D eigenvalue weighted by Gasteiger charge is 2.17. The van der Waals surface area contributed by atoms with Gasteiger partial charge >= 0.3 is 17.9 Å². The standard InChI is InChI=1S/C22H24O7/c1-17(23)28-16-29-20(14-26-21(24)12-18-8-4-2-5-9-18)15-27-22(25)13-19-10-6-3-7-11-19/h2-11,20H,12-16H2,1H3. The molecule has 0 saturated carbocycles. The van der Waals surface area contributed by atoms with Crippen LogP contribution >= 0.6 is 0 Å². The van der Waals surface area contributed by atoms with Gasteiger partial charge in [0.25, 0.3) is 0 Å². The Morgan fingerprint density at radius 1 is 0.724 bits per heavy atom. The fraction of sp³-hybridized carbons (Fsp3) is 0.318. The number of esters is 3. The van der Waals surface area contributed by atoms with E-state index in [1.165, 1.54) is 6.92 Å². The monoisotopic (exact) mass is 400 g/mol. The molecule has 0 unspecified atom stereocenters. The van der Waals surface area contributed by atoms with Crippen molar-refractivity contribution in [3.8, 4) is 0 Å². The van der Waals surface area contributed by atoms with Gasteiger partial charge in [-0.15, -0.1) is 0 Å². The number of carbonyl (C=O) groups excluding carboxylic acids is 3. The van der Waals surface area contributed by atoms with E-state index in [0.717, 1.165) is 11.1 Å². The van der Waals surface area contributed by atoms with Crippen LogP contribution in [0, 0.1) is 0 Å². The molecular formula is C22H24O7. The van der Waals surface area contributed by atoms with Crippen molar-refractivity contribution in [3.05, 3.63) is 71.8 Å². The number of ether oxygens (including phenoxy) is 4. The van der Waals surface area contributed by atoms with Crippen molar-refractivity contribution in [3.63, 3.8) is 0 Å². The first-order chi connectivity index (χ1) is 14.0. The lowest BCUT2D eigenvalue weighted by Crippen LogP contribution is -2.30. The molecule has 0 aliphatic rings. The molecule has 0 aliphatic heterocycles. The van der Waals surface area contributed by atoms with Crippen molar-refractivity contribution >= 4 is 17.9 Å². The number of benzene rings is 2. The molecule has 2 rings (SSSR count). The van der Waals surface area contributed by atoms with Gasteiger partial charge in [-0.2, -0.15) is 0 Å². The smallest absolute Gasteiger partial charge is 0.310 e. The summed E-state index contributed by atoms with van der Waals surface area (Å²) in [5.74, 6) is -1.38. The molecule has 0 atom stereocenters. The Morgan fingerprint density at radius 3 is 1.59 bits per heavy atom. The van der Waals surface area contributed by atoms with Crippen molar-refractivity contribution in [2.45, 2.75) is 25.9 Å². The number of rotatable bonds is 11. The molecule has 2 aromatic rings. The molecule has 29 heavy (non-hydrogen) atoms. The minimum atomic E-state index is -0.756. The van der Waals surface area contributed by atoms with Crippen LogP contribution in [0.25, 0.3) is 0 Å². The Balaban J connectivity index is 1.80. The molecule has 2 aromatic carbocycles. The molecule has 0 fully saturated rings. The van der Waals surface area contributed by atoms with Crippen molar-refractivity contribution < 1.29 is 33.3 Å². The van der Waals surface area contributed by atoms with Crippen molar-refractivity contribution in [2.24, 2.45) is 0 Å². The molecular weight excluding hydrogens is 376 g/mol. The zero-order valence-corrected chi connectivity index (χ0v) is 16.2. The second kappa shape index (κ2) is 12.3. The predicted octanol–water partition coefficient (Wildman–Crippen LogP) is 2.46. The molecule has 0 saturated heterocycles. The number of hydrogen-bond donors (Lipinski definition) is 0. The lowest BCUT2D eigenvalue weighted by Gasteiger charge is -2.18. The average Bonchev–Trinajstić information content (AvgIpc) is 2.71. The lowest BCUT2D eigenvalue weighted by atomic mass is 10.1. The van der Waals surface area contributed by atoms with Gasteiger partial charge in [0, 0.05) is 6.92 Å². The van der Waals surface area contributed by atoms with Gasteiger partial charge in [-0.1, -0.05) is 60.7 Å². The van der Waals surface area contributed by atoms with Crippen LogP contribution in [0.4, 0.5) is 0 Å². The fourth-order valence-electron chi connectivity index (χ4n) is 2.36. The van der Waals surface area contributed by atoms with E-state index in [0.29, 0.717) is 0 Å². The summed E-state index contributed by atoms with van der Waals surface area (Å²) in [7, 11) is 0. The maximum atomic E-state index is 12.0. The minimum Gasteiger partial charge on any atom is -0.463 e. The Labute approximate surface area is 169 Å². The van der Waals surface area contributed by atoms with Gasteiger partial charge in [0.2, 0.25) is 0 Å². The topological polar surface area (TPSA) is 88.1 Å². The molecule has 0 amide bonds. The van der Waals surface area contributed by atoms with Gasteiger partial charge in [0.1, 0.15) is 19.3 Å². The van der Waals surface area contributed by atoms with Gasteiger partial charge < -0.3 is 18.9 Å². The first-order valence-corrected chi connectivity index (χ1v) is 9.17. The second-order valence-corrected chi connectivity index (χ2v) is 6.23. The molecule has 7 nitrogen and oxygen atoms in total. The normalized spacial score (nSPS) is 10.4. The van der Waals surface area contributed by atoms with Gasteiger partial charge in [-0.25, -0.2) is 0 Å². The summed E-state index contributed by atoms with van der Waals surface area (Å²) in [4.78, 5) is 34.9. The second-order valence-electron chi connectivity index (χ2n) is 6.23. The van der Waals surface area contributed by atoms with E-state index in [4.69, 9.17) is 18.9 Å². The van der Waals surface area contributed by atoms with Crippen molar-refractivity contribution in [1.82, 2.24) is 0 Å². The summed E-state index contributed by atoms with van der Waals surface area (Å²) in [5.41, 5.74) is 1.65. The highest BCUT2D eigenvalue weighted by Crippen LogP contribution is 2.05. The lowest BCUT2D eigenvalue weighted by molar-refractivity contribution is -0.173. The maximum Gasteiger partial charge on any atom is 0.310 e. The van der Waals surface area contributed by atoms with Gasteiger partial charge in [0.15, 0.2) is 6.79 Å². The third kappa shape index (κ3) is 9.53. The van der Waals surface area contributed by atoms with Crippen LogP contribution in [0.3, 0.4) is 0 Å². The summed E-state index contributed by atoms with van der Waals surface area (Å²) >= 11 is 0. The van der Waals surface area contributed by atoms with Crippen molar-refractivity contribution in [1.29, 1.82) is 0 Å². The fourth-order valence-corrected chi connectivity index (χ4v) is 2.36. The average molecular weight is 400 g/mol.